The third-order valence-corrected chi connectivity index (χ3v) is 8.95. The summed E-state index contributed by atoms with van der Waals surface area (Å²) in [6.45, 7) is 1.75. The number of aromatic nitrogens is 1. The molecule has 11 heteroatoms. The fourth-order valence-corrected chi connectivity index (χ4v) is 6.04. The van der Waals surface area contributed by atoms with Crippen LogP contribution in [-0.2, 0) is 9.59 Å². The van der Waals surface area contributed by atoms with Crippen molar-refractivity contribution in [1.29, 1.82) is 0 Å². The molecule has 3 amide bonds. The van der Waals surface area contributed by atoms with E-state index >= 15 is 0 Å². The van der Waals surface area contributed by atoms with Gasteiger partial charge in [-0.1, -0.05) is 81.8 Å². The first-order valence-corrected chi connectivity index (χ1v) is 16.8. The summed E-state index contributed by atoms with van der Waals surface area (Å²) in [5.74, 6) is 0.671. The van der Waals surface area contributed by atoms with E-state index < -0.39 is 17.1 Å². The Morgan fingerprint density at radius 1 is 0.816 bits per heavy atom. The fraction of sp³-hybridized carbons (Fsp3) is 0.0526. The van der Waals surface area contributed by atoms with Crippen molar-refractivity contribution in [2.45, 2.75) is 17.1 Å². The minimum atomic E-state index is -0.586. The third-order valence-electron chi connectivity index (χ3n) is 7.16. The van der Waals surface area contributed by atoms with E-state index in [0.717, 1.165) is 20.5 Å². The molecule has 2 aromatic heterocycles. The highest BCUT2D eigenvalue weighted by molar-refractivity contribution is 9.10. The zero-order valence-corrected chi connectivity index (χ0v) is 28.5. The van der Waals surface area contributed by atoms with E-state index in [-0.39, 0.29) is 11.6 Å². The van der Waals surface area contributed by atoms with Gasteiger partial charge in [0.1, 0.15) is 28.2 Å². The minimum absolute atomic E-state index is 0.00656. The van der Waals surface area contributed by atoms with Gasteiger partial charge in [-0.15, -0.1) is 11.8 Å². The van der Waals surface area contributed by atoms with Crippen molar-refractivity contribution in [2.75, 3.05) is 10.6 Å². The Labute approximate surface area is 294 Å². The molecule has 1 atom stereocenters. The van der Waals surface area contributed by atoms with Crippen LogP contribution in [-0.4, -0.2) is 22.9 Å². The summed E-state index contributed by atoms with van der Waals surface area (Å²) in [7, 11) is 0. The van der Waals surface area contributed by atoms with Crippen LogP contribution in [0.3, 0.4) is 0 Å². The largest absolute Gasteiger partial charge is 0.457 e. The molecular formula is C38H29BrN4O5S. The maximum Gasteiger partial charge on any atom is 0.272 e. The Kier molecular flexibility index (Phi) is 10.5. The van der Waals surface area contributed by atoms with Crippen molar-refractivity contribution in [3.63, 3.8) is 0 Å². The monoisotopic (exact) mass is 732 g/mol. The number of carbonyl (C=O) groups is 3. The average Bonchev–Trinajstić information content (AvgIpc) is 3.77. The maximum absolute atomic E-state index is 13.6. The number of anilines is 2. The lowest BCUT2D eigenvalue weighted by Gasteiger charge is -2.16. The fourth-order valence-electron chi connectivity index (χ4n) is 4.75. The lowest BCUT2D eigenvalue weighted by Crippen LogP contribution is -2.30. The highest BCUT2D eigenvalue weighted by atomic mass is 79.9. The van der Waals surface area contributed by atoms with Gasteiger partial charge in [-0.05, 0) is 73.2 Å². The van der Waals surface area contributed by atoms with Gasteiger partial charge in [0, 0.05) is 38.3 Å². The second kappa shape index (κ2) is 15.5. The van der Waals surface area contributed by atoms with E-state index in [1.165, 1.54) is 17.8 Å². The van der Waals surface area contributed by atoms with E-state index in [4.69, 9.17) is 8.94 Å². The van der Waals surface area contributed by atoms with Gasteiger partial charge >= 0.3 is 0 Å². The van der Waals surface area contributed by atoms with Gasteiger partial charge < -0.3 is 24.9 Å². The van der Waals surface area contributed by atoms with Gasteiger partial charge in [-0.2, -0.15) is 0 Å². The summed E-state index contributed by atoms with van der Waals surface area (Å²) in [6.07, 6.45) is 1.49. The van der Waals surface area contributed by atoms with E-state index in [2.05, 4.69) is 37.0 Å². The number of nitrogens with zero attached hydrogens (tertiary/aromatic N) is 1. The average molecular weight is 734 g/mol. The van der Waals surface area contributed by atoms with Gasteiger partial charge in [0.05, 0.1) is 0 Å². The Morgan fingerprint density at radius 3 is 2.18 bits per heavy atom. The van der Waals surface area contributed by atoms with E-state index in [1.807, 2.05) is 66.7 Å². The summed E-state index contributed by atoms with van der Waals surface area (Å²) in [4.78, 5) is 40.8. The molecule has 6 rings (SSSR count). The zero-order chi connectivity index (χ0) is 34.2. The molecule has 0 saturated heterocycles. The molecule has 0 radical (unpaired) electrons. The Bertz CT molecular complexity index is 2090. The molecule has 4 aromatic carbocycles. The van der Waals surface area contributed by atoms with Crippen LogP contribution in [0.25, 0.3) is 17.4 Å². The summed E-state index contributed by atoms with van der Waals surface area (Å²) < 4.78 is 12.0. The lowest BCUT2D eigenvalue weighted by atomic mass is 10.1. The third kappa shape index (κ3) is 8.83. The van der Waals surface area contributed by atoms with Crippen molar-refractivity contribution in [3.8, 4) is 11.3 Å². The molecule has 0 fully saturated rings. The molecule has 0 spiro atoms. The SMILES string of the molecule is Cc1cc(NC(=O)C(Sc2ccc(NC(=O)/C(=C/c3ccc(-c4ccc(Br)cc4)o3)NC(=O)c3ccccc3)cc2)c2ccccc2)no1. The van der Waals surface area contributed by atoms with Gasteiger partial charge in [0.25, 0.3) is 11.8 Å². The van der Waals surface area contributed by atoms with Crippen LogP contribution in [0.4, 0.5) is 11.5 Å². The lowest BCUT2D eigenvalue weighted by molar-refractivity contribution is -0.116. The smallest absolute Gasteiger partial charge is 0.272 e. The van der Waals surface area contributed by atoms with Crippen molar-refractivity contribution >= 4 is 63.0 Å². The van der Waals surface area contributed by atoms with E-state index in [1.54, 1.807) is 67.6 Å². The van der Waals surface area contributed by atoms with Crippen molar-refractivity contribution < 1.29 is 23.3 Å². The van der Waals surface area contributed by atoms with Crippen LogP contribution in [0, 0.1) is 6.92 Å². The van der Waals surface area contributed by atoms with E-state index in [0.29, 0.717) is 34.3 Å². The number of amides is 3. The summed E-state index contributed by atoms with van der Waals surface area (Å²) in [5, 5.41) is 11.7. The zero-order valence-electron chi connectivity index (χ0n) is 26.1. The number of halogens is 1. The number of rotatable bonds is 11. The molecule has 9 nitrogen and oxygen atoms in total. The number of thioether (sulfide) groups is 1. The van der Waals surface area contributed by atoms with E-state index in [9.17, 15) is 14.4 Å². The highest BCUT2D eigenvalue weighted by Crippen LogP contribution is 2.37. The quantitative estimate of drug-likeness (QED) is 0.0897. The van der Waals surface area contributed by atoms with Crippen LogP contribution < -0.4 is 16.0 Å². The van der Waals surface area contributed by atoms with Crippen LogP contribution in [0.2, 0.25) is 0 Å². The Hall–Kier alpha value is -5.65. The number of aryl methyl sites for hydroxylation is 1. The van der Waals surface area contributed by atoms with Gasteiger partial charge in [-0.25, -0.2) is 0 Å². The first-order chi connectivity index (χ1) is 23.8. The highest BCUT2D eigenvalue weighted by Gasteiger charge is 2.23. The minimum Gasteiger partial charge on any atom is -0.457 e. The molecule has 244 valence electrons. The molecule has 49 heavy (non-hydrogen) atoms. The Balaban J connectivity index is 1.20. The van der Waals surface area contributed by atoms with Crippen LogP contribution in [0.1, 0.15) is 32.7 Å². The van der Waals surface area contributed by atoms with Crippen LogP contribution in [0.5, 0.6) is 0 Å². The van der Waals surface area contributed by atoms with Gasteiger partial charge in [-0.3, -0.25) is 14.4 Å². The molecule has 1 unspecified atom stereocenters. The molecule has 0 bridgehead atoms. The number of nitrogens with one attached hydrogen (secondary N) is 3. The number of benzene rings is 4. The summed E-state index contributed by atoms with van der Waals surface area (Å²) >= 11 is 4.79. The summed E-state index contributed by atoms with van der Waals surface area (Å²) in [6, 6.07) is 38.0. The number of carbonyl (C=O) groups excluding carboxylic acids is 3. The van der Waals surface area contributed by atoms with Crippen molar-refractivity contribution in [2.24, 2.45) is 0 Å². The number of hydrogen-bond acceptors (Lipinski definition) is 7. The predicted molar refractivity (Wildman–Crippen MR) is 194 cm³/mol. The predicted octanol–water partition coefficient (Wildman–Crippen LogP) is 8.89. The standard InChI is InChI=1S/C38H29BrN4O5S/c1-24-22-34(43-48-24)42-38(46)35(26-8-4-2-5-9-26)49-31-19-16-29(17-20-31)40-37(45)32(41-36(44)27-10-6-3-7-11-27)23-30-18-21-33(47-30)25-12-14-28(39)15-13-25/h2-23,35H,1H3,(H,40,45)(H,41,44)(H,42,43,46)/b32-23-. The first kappa shape index (κ1) is 33.3. The number of furan rings is 1. The molecule has 3 N–H and O–H groups in total. The van der Waals surface area contributed by atoms with Crippen LogP contribution in [0.15, 0.2) is 151 Å². The Morgan fingerprint density at radius 2 is 1.51 bits per heavy atom. The van der Waals surface area contributed by atoms with Gasteiger partial charge in [0.15, 0.2) is 5.82 Å². The van der Waals surface area contributed by atoms with Gasteiger partial charge in [0.2, 0.25) is 5.91 Å². The second-order valence-corrected chi connectivity index (χ2v) is 12.9. The second-order valence-electron chi connectivity index (χ2n) is 10.8. The molecule has 0 aliphatic heterocycles. The molecule has 0 aliphatic carbocycles. The molecule has 0 aliphatic rings. The number of hydrogen-bond donors (Lipinski definition) is 3. The first-order valence-electron chi connectivity index (χ1n) is 15.1. The molecule has 0 saturated carbocycles. The maximum atomic E-state index is 13.6. The topological polar surface area (TPSA) is 126 Å². The van der Waals surface area contributed by atoms with Crippen molar-refractivity contribution in [1.82, 2.24) is 10.5 Å². The molecular weight excluding hydrogens is 704 g/mol. The normalized spacial score (nSPS) is 11.8. The van der Waals surface area contributed by atoms with Crippen molar-refractivity contribution in [3.05, 3.63) is 160 Å². The summed E-state index contributed by atoms with van der Waals surface area (Å²) in [5.41, 5.74) is 2.55. The molecule has 6 aromatic rings. The molecule has 2 heterocycles. The van der Waals surface area contributed by atoms with Crippen LogP contribution >= 0.6 is 27.7 Å².